The quantitative estimate of drug-likeness (QED) is 0.679. The fourth-order valence-electron chi connectivity index (χ4n) is 1.71. The van der Waals surface area contributed by atoms with Crippen LogP contribution in [0.1, 0.15) is 0 Å². The van der Waals surface area contributed by atoms with E-state index < -0.39 is 0 Å². The molecular weight excluding hydrogens is 244 g/mol. The number of nitrogens with one attached hydrogen (secondary N) is 1. The smallest absolute Gasteiger partial charge is 0.268 e. The van der Waals surface area contributed by atoms with E-state index in [1.54, 1.807) is 36.5 Å². The van der Waals surface area contributed by atoms with Crippen LogP contribution in [0.15, 0.2) is 47.5 Å². The normalized spacial score (nSPS) is 10.5. The number of rotatable bonds is 2. The van der Waals surface area contributed by atoms with Gasteiger partial charge in [-0.25, -0.2) is 9.97 Å². The maximum atomic E-state index is 11.2. The van der Waals surface area contributed by atoms with Gasteiger partial charge in [-0.3, -0.25) is 4.79 Å². The molecule has 3 rings (SSSR count). The average Bonchev–Trinajstić information content (AvgIpc) is 2.38. The van der Waals surface area contributed by atoms with Gasteiger partial charge in [-0.1, -0.05) is 6.07 Å². The predicted molar refractivity (Wildman–Crippen MR) is 71.1 cm³/mol. The third kappa shape index (κ3) is 2.23. The number of pyridine rings is 1. The minimum absolute atomic E-state index is 0.305. The van der Waals surface area contributed by atoms with Gasteiger partial charge >= 0.3 is 0 Å². The zero-order valence-corrected chi connectivity index (χ0v) is 9.83. The largest absolute Gasteiger partial charge is 0.455 e. The number of ether oxygens (including phenoxy) is 1. The van der Waals surface area contributed by atoms with E-state index in [0.29, 0.717) is 28.4 Å². The molecule has 19 heavy (non-hydrogen) atoms. The van der Waals surface area contributed by atoms with Crippen molar-refractivity contribution >= 4 is 16.9 Å². The van der Waals surface area contributed by atoms with Crippen LogP contribution in [0.4, 0.5) is 5.69 Å². The van der Waals surface area contributed by atoms with Crippen LogP contribution < -0.4 is 16.0 Å². The van der Waals surface area contributed by atoms with Gasteiger partial charge in [0.15, 0.2) is 11.4 Å². The summed E-state index contributed by atoms with van der Waals surface area (Å²) in [6, 6.07) is 8.74. The van der Waals surface area contributed by atoms with Crippen LogP contribution in [0, 0.1) is 0 Å². The Balaban J connectivity index is 2.08. The first-order chi connectivity index (χ1) is 9.22. The first kappa shape index (κ1) is 11.2. The summed E-state index contributed by atoms with van der Waals surface area (Å²) in [5.74, 6) is 1.10. The summed E-state index contributed by atoms with van der Waals surface area (Å²) in [6.45, 7) is 0. The highest BCUT2D eigenvalue weighted by atomic mass is 16.5. The van der Waals surface area contributed by atoms with Crippen LogP contribution in [-0.4, -0.2) is 15.0 Å². The highest BCUT2D eigenvalue weighted by molar-refractivity contribution is 5.76. The van der Waals surface area contributed by atoms with Gasteiger partial charge in [0.05, 0.1) is 6.20 Å². The van der Waals surface area contributed by atoms with Crippen LogP contribution in [-0.2, 0) is 0 Å². The van der Waals surface area contributed by atoms with Gasteiger partial charge in [-0.05, 0) is 12.1 Å². The monoisotopic (exact) mass is 254 g/mol. The summed E-state index contributed by atoms with van der Waals surface area (Å²) in [4.78, 5) is 21.9. The van der Waals surface area contributed by atoms with Crippen LogP contribution in [0.25, 0.3) is 11.2 Å². The van der Waals surface area contributed by atoms with Crippen molar-refractivity contribution in [3.8, 4) is 11.5 Å². The van der Waals surface area contributed by atoms with Crippen molar-refractivity contribution in [2.75, 3.05) is 5.73 Å². The number of hydrogen-bond donors (Lipinski definition) is 2. The lowest BCUT2D eigenvalue weighted by Crippen LogP contribution is -2.06. The summed E-state index contributed by atoms with van der Waals surface area (Å²) >= 11 is 0. The predicted octanol–water partition coefficient (Wildman–Crippen LogP) is 1.69. The summed E-state index contributed by atoms with van der Waals surface area (Å²) in [7, 11) is 0. The van der Waals surface area contributed by atoms with Gasteiger partial charge in [0, 0.05) is 24.0 Å². The lowest BCUT2D eigenvalue weighted by molar-refractivity contribution is 0.487. The summed E-state index contributed by atoms with van der Waals surface area (Å²) in [5, 5.41) is 0. The molecule has 2 heterocycles. The Bertz CT molecular complexity index is 798. The highest BCUT2D eigenvalue weighted by Crippen LogP contribution is 2.26. The molecule has 6 nitrogen and oxygen atoms in total. The summed E-state index contributed by atoms with van der Waals surface area (Å²) in [6.07, 6.45) is 2.73. The molecular formula is C13H10N4O2. The third-order valence-electron chi connectivity index (χ3n) is 2.53. The van der Waals surface area contributed by atoms with E-state index in [9.17, 15) is 4.79 Å². The number of nitrogens with zero attached hydrogens (tertiary/aromatic N) is 2. The minimum Gasteiger partial charge on any atom is -0.455 e. The Morgan fingerprint density at radius 1 is 1.21 bits per heavy atom. The minimum atomic E-state index is -0.305. The van der Waals surface area contributed by atoms with Crippen LogP contribution in [0.5, 0.6) is 11.5 Å². The van der Waals surface area contributed by atoms with Gasteiger partial charge in [0.1, 0.15) is 11.3 Å². The second-order valence-corrected chi connectivity index (χ2v) is 3.93. The molecule has 1 aromatic carbocycles. The lowest BCUT2D eigenvalue weighted by atomic mass is 10.3. The molecule has 0 amide bonds. The van der Waals surface area contributed by atoms with Gasteiger partial charge in [0.2, 0.25) is 0 Å². The molecule has 0 aliphatic carbocycles. The van der Waals surface area contributed by atoms with E-state index in [4.69, 9.17) is 10.5 Å². The molecule has 3 N–H and O–H groups in total. The van der Waals surface area contributed by atoms with Crippen molar-refractivity contribution in [2.24, 2.45) is 0 Å². The zero-order chi connectivity index (χ0) is 13.2. The fourth-order valence-corrected chi connectivity index (χ4v) is 1.71. The fraction of sp³-hybridized carbons (Fsp3) is 0. The number of H-pyrrole nitrogens is 1. The van der Waals surface area contributed by atoms with Gasteiger partial charge in [0.25, 0.3) is 5.56 Å². The number of nitrogen functional groups attached to an aromatic ring is 1. The van der Waals surface area contributed by atoms with Crippen molar-refractivity contribution in [3.63, 3.8) is 0 Å². The van der Waals surface area contributed by atoms with Crippen molar-refractivity contribution in [3.05, 3.63) is 53.1 Å². The molecule has 0 saturated carbocycles. The molecule has 0 aliphatic heterocycles. The van der Waals surface area contributed by atoms with Crippen LogP contribution >= 0.6 is 0 Å². The number of aromatic nitrogens is 3. The second-order valence-electron chi connectivity index (χ2n) is 3.93. The zero-order valence-electron chi connectivity index (χ0n) is 9.83. The number of benzene rings is 1. The maximum absolute atomic E-state index is 11.2. The number of anilines is 1. The lowest BCUT2D eigenvalue weighted by Gasteiger charge is -2.07. The van der Waals surface area contributed by atoms with Gasteiger partial charge < -0.3 is 15.5 Å². The molecule has 0 aliphatic rings. The first-order valence-electron chi connectivity index (χ1n) is 5.60. The highest BCUT2D eigenvalue weighted by Gasteiger charge is 2.06. The van der Waals surface area contributed by atoms with Crippen molar-refractivity contribution in [1.82, 2.24) is 15.0 Å². The van der Waals surface area contributed by atoms with Gasteiger partial charge in [-0.15, -0.1) is 0 Å². The van der Waals surface area contributed by atoms with Crippen LogP contribution in [0.2, 0.25) is 0 Å². The average molecular weight is 254 g/mol. The Hall–Kier alpha value is -2.89. The van der Waals surface area contributed by atoms with E-state index in [0.717, 1.165) is 0 Å². The molecule has 2 aromatic heterocycles. The molecule has 0 spiro atoms. The molecule has 0 atom stereocenters. The van der Waals surface area contributed by atoms with Crippen molar-refractivity contribution in [2.45, 2.75) is 0 Å². The topological polar surface area (TPSA) is 93.9 Å². The van der Waals surface area contributed by atoms with Crippen LogP contribution in [0.3, 0.4) is 0 Å². The Labute approximate surface area is 107 Å². The Morgan fingerprint density at radius 2 is 2.11 bits per heavy atom. The second kappa shape index (κ2) is 4.41. The van der Waals surface area contributed by atoms with Crippen molar-refractivity contribution < 1.29 is 4.74 Å². The standard InChI is InChI=1S/C13H10N4O2/c14-8-2-1-3-9(6-8)19-10-4-5-15-13-12(10)16-7-11(18)17-13/h1-7H,14H2,(H,15,17,18). The SMILES string of the molecule is Nc1cccc(Oc2ccnc3[nH]c(=O)cnc23)c1. The number of hydrogen-bond acceptors (Lipinski definition) is 5. The number of fused-ring (bicyclic) bond motifs is 1. The van der Waals surface area contributed by atoms with E-state index in [2.05, 4.69) is 15.0 Å². The summed E-state index contributed by atoms with van der Waals surface area (Å²) in [5.41, 5.74) is 6.87. The van der Waals surface area contributed by atoms with E-state index in [1.165, 1.54) is 6.20 Å². The molecule has 3 aromatic rings. The van der Waals surface area contributed by atoms with E-state index in [-0.39, 0.29) is 5.56 Å². The van der Waals surface area contributed by atoms with E-state index >= 15 is 0 Å². The third-order valence-corrected chi connectivity index (χ3v) is 2.53. The number of aromatic amines is 1. The first-order valence-corrected chi connectivity index (χ1v) is 5.60. The summed E-state index contributed by atoms with van der Waals surface area (Å²) < 4.78 is 5.71. The van der Waals surface area contributed by atoms with Gasteiger partial charge in [-0.2, -0.15) is 0 Å². The molecule has 0 unspecified atom stereocenters. The van der Waals surface area contributed by atoms with Crippen molar-refractivity contribution in [1.29, 1.82) is 0 Å². The maximum Gasteiger partial charge on any atom is 0.268 e. The molecule has 0 radical (unpaired) electrons. The molecule has 94 valence electrons. The molecule has 0 saturated heterocycles. The Morgan fingerprint density at radius 3 is 2.95 bits per heavy atom. The molecule has 6 heteroatoms. The Kier molecular flexibility index (Phi) is 2.60. The molecule has 0 fully saturated rings. The number of nitrogens with two attached hydrogens (primary N) is 1. The van der Waals surface area contributed by atoms with E-state index in [1.807, 2.05) is 0 Å². The molecule has 0 bridgehead atoms.